The third-order valence-corrected chi connectivity index (χ3v) is 3.40. The van der Waals surface area contributed by atoms with Crippen LogP contribution in [0.5, 0.6) is 0 Å². The van der Waals surface area contributed by atoms with Crippen molar-refractivity contribution in [2.75, 3.05) is 26.2 Å². The van der Waals surface area contributed by atoms with E-state index in [1.165, 1.54) is 4.90 Å². The molecule has 0 radical (unpaired) electrons. The Kier molecular flexibility index (Phi) is 2.45. The number of amides is 1. The average Bonchev–Trinajstić information content (AvgIpc) is 2.36. The molecule has 1 amide bonds. The van der Waals surface area contributed by atoms with E-state index in [9.17, 15) is 13.6 Å². The molecule has 5 heteroatoms. The summed E-state index contributed by atoms with van der Waals surface area (Å²) in [6.07, 6.45) is 1.09. The van der Waals surface area contributed by atoms with E-state index in [2.05, 4.69) is 5.32 Å². The van der Waals surface area contributed by atoms with Crippen molar-refractivity contribution in [3.05, 3.63) is 0 Å². The lowest BCUT2D eigenvalue weighted by atomic mass is 9.78. The van der Waals surface area contributed by atoms with Gasteiger partial charge in [0.1, 0.15) is 0 Å². The highest BCUT2D eigenvalue weighted by atomic mass is 19.3. The molecule has 0 bridgehead atoms. The van der Waals surface area contributed by atoms with Crippen molar-refractivity contribution in [3.8, 4) is 0 Å². The van der Waals surface area contributed by atoms with Gasteiger partial charge in [0, 0.05) is 26.1 Å². The minimum absolute atomic E-state index is 0.138. The lowest BCUT2D eigenvalue weighted by Crippen LogP contribution is -2.62. The van der Waals surface area contributed by atoms with Gasteiger partial charge in [-0.2, -0.15) is 0 Å². The van der Waals surface area contributed by atoms with E-state index in [1.807, 2.05) is 6.92 Å². The summed E-state index contributed by atoms with van der Waals surface area (Å²) < 4.78 is 27.3. The second-order valence-electron chi connectivity index (χ2n) is 4.59. The zero-order chi connectivity index (χ0) is 11.1. The molecule has 0 aromatic carbocycles. The summed E-state index contributed by atoms with van der Waals surface area (Å²) >= 11 is 0. The van der Waals surface area contributed by atoms with Crippen LogP contribution in [0.4, 0.5) is 8.78 Å². The lowest BCUT2D eigenvalue weighted by molar-refractivity contribution is -0.131. The van der Waals surface area contributed by atoms with Gasteiger partial charge in [0.25, 0.3) is 5.92 Å². The van der Waals surface area contributed by atoms with E-state index in [0.717, 1.165) is 0 Å². The number of rotatable bonds is 2. The first kappa shape index (κ1) is 10.8. The maximum atomic E-state index is 13.7. The Morgan fingerprint density at radius 3 is 2.47 bits per heavy atom. The minimum Gasteiger partial charge on any atom is -0.336 e. The Morgan fingerprint density at radius 1 is 1.40 bits per heavy atom. The van der Waals surface area contributed by atoms with E-state index in [4.69, 9.17) is 0 Å². The van der Waals surface area contributed by atoms with Crippen LogP contribution in [0.15, 0.2) is 0 Å². The summed E-state index contributed by atoms with van der Waals surface area (Å²) in [7, 11) is 0. The molecule has 0 unspecified atom stereocenters. The number of hydrogen-bond donors (Lipinski definition) is 1. The highest BCUT2D eigenvalue weighted by molar-refractivity contribution is 5.76. The molecule has 2 saturated heterocycles. The molecule has 2 rings (SSSR count). The van der Waals surface area contributed by atoms with Crippen molar-refractivity contribution < 1.29 is 13.6 Å². The first-order chi connectivity index (χ1) is 7.01. The molecule has 0 saturated carbocycles. The standard InChI is InChI=1S/C10H16F2N2O/c1-2-3-8(15)14-6-9(4-13-5-9)10(11,12)7-14/h13H,2-7H2,1H3. The quantitative estimate of drug-likeness (QED) is 0.745. The molecule has 3 nitrogen and oxygen atoms in total. The molecule has 0 aromatic rings. The van der Waals surface area contributed by atoms with Crippen LogP contribution in [-0.4, -0.2) is 42.9 Å². The number of alkyl halides is 2. The van der Waals surface area contributed by atoms with Crippen LogP contribution in [0.1, 0.15) is 19.8 Å². The summed E-state index contributed by atoms with van der Waals surface area (Å²) in [6.45, 7) is 2.36. The van der Waals surface area contributed by atoms with E-state index in [1.54, 1.807) is 0 Å². The molecule has 2 heterocycles. The number of nitrogens with zero attached hydrogens (tertiary/aromatic N) is 1. The molecule has 0 aliphatic carbocycles. The van der Waals surface area contributed by atoms with Gasteiger partial charge < -0.3 is 10.2 Å². The number of carbonyl (C=O) groups is 1. The van der Waals surface area contributed by atoms with Gasteiger partial charge in [0.05, 0.1) is 12.0 Å². The summed E-state index contributed by atoms with van der Waals surface area (Å²) in [5, 5.41) is 2.87. The number of halogens is 2. The molecule has 0 aromatic heterocycles. The van der Waals surface area contributed by atoms with E-state index >= 15 is 0 Å². The molecular formula is C10H16F2N2O. The van der Waals surface area contributed by atoms with Crippen molar-refractivity contribution in [3.63, 3.8) is 0 Å². The fourth-order valence-electron chi connectivity index (χ4n) is 2.29. The number of hydrogen-bond acceptors (Lipinski definition) is 2. The van der Waals surface area contributed by atoms with Gasteiger partial charge in [-0.15, -0.1) is 0 Å². The summed E-state index contributed by atoms with van der Waals surface area (Å²) in [6, 6.07) is 0. The fraction of sp³-hybridized carbons (Fsp3) is 0.900. The normalized spacial score (nSPS) is 26.7. The van der Waals surface area contributed by atoms with Gasteiger partial charge >= 0.3 is 0 Å². The SMILES string of the molecule is CCCC(=O)N1CC(F)(F)C2(CNC2)C1. The molecule has 1 N–H and O–H groups in total. The Bertz CT molecular complexity index is 277. The topological polar surface area (TPSA) is 32.3 Å². The largest absolute Gasteiger partial charge is 0.336 e. The Morgan fingerprint density at radius 2 is 2.07 bits per heavy atom. The lowest BCUT2D eigenvalue weighted by Gasteiger charge is -2.42. The molecule has 2 aliphatic rings. The number of nitrogens with one attached hydrogen (secondary N) is 1. The van der Waals surface area contributed by atoms with E-state index < -0.39 is 17.9 Å². The van der Waals surface area contributed by atoms with Crippen LogP contribution >= 0.6 is 0 Å². The summed E-state index contributed by atoms with van der Waals surface area (Å²) in [4.78, 5) is 12.9. The van der Waals surface area contributed by atoms with Crippen molar-refractivity contribution >= 4 is 5.91 Å². The Hall–Kier alpha value is -0.710. The summed E-state index contributed by atoms with van der Waals surface area (Å²) in [5.41, 5.74) is -0.976. The highest BCUT2D eigenvalue weighted by Crippen LogP contribution is 2.46. The van der Waals surface area contributed by atoms with Gasteiger partial charge in [0.15, 0.2) is 0 Å². The van der Waals surface area contributed by atoms with Gasteiger partial charge in [-0.1, -0.05) is 6.92 Å². The van der Waals surface area contributed by atoms with Crippen LogP contribution in [0.25, 0.3) is 0 Å². The minimum atomic E-state index is -2.72. The van der Waals surface area contributed by atoms with Gasteiger partial charge in [0.2, 0.25) is 5.91 Å². The number of carbonyl (C=O) groups excluding carboxylic acids is 1. The van der Waals surface area contributed by atoms with Gasteiger partial charge in [-0.05, 0) is 6.42 Å². The number of likely N-dealkylation sites (tertiary alicyclic amines) is 1. The molecule has 2 fully saturated rings. The van der Waals surface area contributed by atoms with Crippen molar-refractivity contribution in [1.82, 2.24) is 10.2 Å². The van der Waals surface area contributed by atoms with Crippen LogP contribution in [-0.2, 0) is 4.79 Å². The van der Waals surface area contributed by atoms with Crippen LogP contribution in [0.2, 0.25) is 0 Å². The zero-order valence-corrected chi connectivity index (χ0v) is 8.85. The highest BCUT2D eigenvalue weighted by Gasteiger charge is 2.63. The van der Waals surface area contributed by atoms with E-state index in [-0.39, 0.29) is 12.5 Å². The van der Waals surface area contributed by atoms with Crippen molar-refractivity contribution in [2.24, 2.45) is 5.41 Å². The molecule has 1 spiro atoms. The molecule has 0 atom stereocenters. The Labute approximate surface area is 87.8 Å². The van der Waals surface area contributed by atoms with Crippen LogP contribution in [0.3, 0.4) is 0 Å². The first-order valence-corrected chi connectivity index (χ1v) is 5.37. The predicted molar refractivity (Wildman–Crippen MR) is 51.7 cm³/mol. The van der Waals surface area contributed by atoms with Crippen molar-refractivity contribution in [2.45, 2.75) is 25.7 Å². The maximum absolute atomic E-state index is 13.7. The fourth-order valence-corrected chi connectivity index (χ4v) is 2.29. The first-order valence-electron chi connectivity index (χ1n) is 5.37. The molecule has 86 valence electrons. The molecule has 15 heavy (non-hydrogen) atoms. The van der Waals surface area contributed by atoms with Gasteiger partial charge in [-0.3, -0.25) is 4.79 Å². The second-order valence-corrected chi connectivity index (χ2v) is 4.59. The monoisotopic (exact) mass is 218 g/mol. The Balaban J connectivity index is 2.06. The van der Waals surface area contributed by atoms with E-state index in [0.29, 0.717) is 25.9 Å². The van der Waals surface area contributed by atoms with Crippen LogP contribution < -0.4 is 5.32 Å². The third kappa shape index (κ3) is 1.53. The summed E-state index contributed by atoms with van der Waals surface area (Å²) in [5.74, 6) is -2.86. The van der Waals surface area contributed by atoms with Crippen LogP contribution in [0, 0.1) is 5.41 Å². The van der Waals surface area contributed by atoms with Crippen molar-refractivity contribution in [1.29, 1.82) is 0 Å². The predicted octanol–water partition coefficient (Wildman–Crippen LogP) is 0.854. The second kappa shape index (κ2) is 3.40. The van der Waals surface area contributed by atoms with Gasteiger partial charge in [-0.25, -0.2) is 8.78 Å². The molecular weight excluding hydrogens is 202 g/mol. The molecule has 2 aliphatic heterocycles. The third-order valence-electron chi connectivity index (χ3n) is 3.40. The average molecular weight is 218 g/mol. The maximum Gasteiger partial charge on any atom is 0.274 e. The smallest absolute Gasteiger partial charge is 0.274 e. The zero-order valence-electron chi connectivity index (χ0n) is 8.85.